The number of amides is 1. The summed E-state index contributed by atoms with van der Waals surface area (Å²) in [6, 6.07) is 16.2. The van der Waals surface area contributed by atoms with Gasteiger partial charge in [0.1, 0.15) is 22.9 Å². The molecule has 0 aromatic heterocycles. The van der Waals surface area contributed by atoms with Crippen molar-refractivity contribution in [1.82, 2.24) is 5.32 Å². The SMILES string of the molecule is C=C1C[C@@]23O[C@]2(c2ccccc21)C1CC(OC(=O)[C@H](O)[C@@H](NC(=O)OC(C)(C)C)c2ccccc2)C3(C)C1(C)C. The first-order valence-corrected chi connectivity index (χ1v) is 14.1. The van der Waals surface area contributed by atoms with Crippen molar-refractivity contribution < 1.29 is 28.9 Å². The zero-order valence-corrected chi connectivity index (χ0v) is 24.1. The Kier molecular flexibility index (Phi) is 5.70. The van der Waals surface area contributed by atoms with Crippen molar-refractivity contribution in [2.75, 3.05) is 0 Å². The summed E-state index contributed by atoms with van der Waals surface area (Å²) in [5.41, 5.74) is 1.54. The predicted octanol–water partition coefficient (Wildman–Crippen LogP) is 5.67. The second kappa shape index (κ2) is 8.43. The maximum absolute atomic E-state index is 13.6. The fraction of sp³-hybridized carbons (Fsp3) is 0.515. The molecule has 6 rings (SSSR count). The number of rotatable bonds is 5. The summed E-state index contributed by atoms with van der Waals surface area (Å²) in [5, 5.41) is 14.0. The highest BCUT2D eigenvalue weighted by molar-refractivity contribution is 5.79. The lowest BCUT2D eigenvalue weighted by molar-refractivity contribution is -0.172. The van der Waals surface area contributed by atoms with E-state index in [1.807, 2.05) is 12.1 Å². The molecule has 1 saturated heterocycles. The van der Waals surface area contributed by atoms with E-state index in [0.29, 0.717) is 18.4 Å². The number of aliphatic hydroxyl groups excluding tert-OH is 1. The standard InChI is InChI=1S/C33H39NO6/c1-19-18-32-31(7)24(17-23(30(31,5)6)33(32,40-32)22-16-12-11-15-21(19)22)38-27(36)26(35)25(20-13-9-8-10-14-20)34-28(37)39-29(2,3)4/h8-16,23-26,35H,1,17-18H2,2-7H3,(H,34,37)/t23?,24?,25-,26+,31?,32-,33+/m0/s1. The van der Waals surface area contributed by atoms with Gasteiger partial charge >= 0.3 is 12.1 Å². The third-order valence-electron chi connectivity index (χ3n) is 10.3. The molecular formula is C33H39NO6. The molecule has 0 radical (unpaired) electrons. The molecule has 40 heavy (non-hydrogen) atoms. The van der Waals surface area contributed by atoms with Gasteiger partial charge < -0.3 is 24.6 Å². The first-order valence-electron chi connectivity index (χ1n) is 14.1. The van der Waals surface area contributed by atoms with Gasteiger partial charge in [-0.3, -0.25) is 0 Å². The number of hydrogen-bond donors (Lipinski definition) is 2. The third-order valence-corrected chi connectivity index (χ3v) is 10.3. The lowest BCUT2D eigenvalue weighted by Gasteiger charge is -2.45. The minimum Gasteiger partial charge on any atom is -0.460 e. The first kappa shape index (κ1) is 27.0. The Morgan fingerprint density at radius 3 is 2.40 bits per heavy atom. The van der Waals surface area contributed by atoms with Gasteiger partial charge in [0.05, 0.1) is 6.04 Å². The van der Waals surface area contributed by atoms with Crippen LogP contribution in [0.4, 0.5) is 4.79 Å². The number of carbonyl (C=O) groups is 2. The minimum atomic E-state index is -1.63. The number of hydrogen-bond acceptors (Lipinski definition) is 6. The van der Waals surface area contributed by atoms with Crippen LogP contribution in [0, 0.1) is 16.7 Å². The largest absolute Gasteiger partial charge is 0.460 e. The molecule has 3 aliphatic carbocycles. The molecule has 4 aliphatic rings. The number of aliphatic hydroxyl groups is 1. The molecule has 0 spiro atoms. The van der Waals surface area contributed by atoms with Crippen LogP contribution in [0.15, 0.2) is 61.2 Å². The molecule has 7 heteroatoms. The van der Waals surface area contributed by atoms with E-state index < -0.39 is 52.5 Å². The molecule has 2 aromatic carbocycles. The maximum atomic E-state index is 13.6. The highest BCUT2D eigenvalue weighted by atomic mass is 16.6. The molecule has 1 heterocycles. The number of epoxide rings is 1. The summed E-state index contributed by atoms with van der Waals surface area (Å²) in [4.78, 5) is 26.3. The molecule has 212 valence electrons. The normalized spacial score (nSPS) is 34.1. The Morgan fingerprint density at radius 1 is 1.07 bits per heavy atom. The van der Waals surface area contributed by atoms with E-state index in [9.17, 15) is 14.7 Å². The van der Waals surface area contributed by atoms with Crippen molar-refractivity contribution in [2.45, 2.75) is 89.4 Å². The van der Waals surface area contributed by atoms with Gasteiger partial charge in [-0.15, -0.1) is 0 Å². The number of esters is 1. The highest BCUT2D eigenvalue weighted by Gasteiger charge is 2.95. The number of carbonyl (C=O) groups excluding carboxylic acids is 2. The average Bonchev–Trinajstić information content (AvgIpc) is 3.52. The zero-order valence-electron chi connectivity index (χ0n) is 24.1. The van der Waals surface area contributed by atoms with Crippen LogP contribution >= 0.6 is 0 Å². The summed E-state index contributed by atoms with van der Waals surface area (Å²) >= 11 is 0. The number of benzene rings is 2. The Hall–Kier alpha value is -3.16. The third kappa shape index (κ3) is 3.37. The highest BCUT2D eigenvalue weighted by Crippen LogP contribution is 2.89. The predicted molar refractivity (Wildman–Crippen MR) is 150 cm³/mol. The molecule has 1 amide bonds. The van der Waals surface area contributed by atoms with E-state index in [1.54, 1.807) is 45.0 Å². The van der Waals surface area contributed by atoms with Gasteiger partial charge in [-0.2, -0.15) is 0 Å². The maximum Gasteiger partial charge on any atom is 0.408 e. The Morgan fingerprint density at radius 2 is 1.73 bits per heavy atom. The monoisotopic (exact) mass is 545 g/mol. The second-order valence-corrected chi connectivity index (χ2v) is 13.6. The molecule has 2 saturated carbocycles. The van der Waals surface area contributed by atoms with Crippen LogP contribution in [0.5, 0.6) is 0 Å². The van der Waals surface area contributed by atoms with Gasteiger partial charge in [-0.05, 0) is 54.9 Å². The van der Waals surface area contributed by atoms with Gasteiger partial charge in [0.15, 0.2) is 6.10 Å². The number of nitrogens with one attached hydrogen (secondary N) is 1. The van der Waals surface area contributed by atoms with Crippen LogP contribution in [0.3, 0.4) is 0 Å². The molecule has 3 unspecified atom stereocenters. The van der Waals surface area contributed by atoms with Crippen molar-refractivity contribution in [1.29, 1.82) is 0 Å². The van der Waals surface area contributed by atoms with Gasteiger partial charge in [0, 0.05) is 17.8 Å². The van der Waals surface area contributed by atoms with Crippen molar-refractivity contribution in [3.8, 4) is 0 Å². The molecule has 2 aromatic rings. The van der Waals surface area contributed by atoms with E-state index in [2.05, 4.69) is 50.9 Å². The van der Waals surface area contributed by atoms with Crippen LogP contribution in [0.2, 0.25) is 0 Å². The Balaban J connectivity index is 1.28. The van der Waals surface area contributed by atoms with Crippen LogP contribution in [-0.4, -0.2) is 40.6 Å². The quantitative estimate of drug-likeness (QED) is 0.371. The molecule has 7 atom stereocenters. The van der Waals surface area contributed by atoms with Gasteiger partial charge in [-0.1, -0.05) is 81.9 Å². The van der Waals surface area contributed by atoms with Crippen molar-refractivity contribution in [3.05, 3.63) is 77.9 Å². The molecular weight excluding hydrogens is 506 g/mol. The fourth-order valence-electron chi connectivity index (χ4n) is 8.34. The van der Waals surface area contributed by atoms with Crippen molar-refractivity contribution >= 4 is 17.6 Å². The topological polar surface area (TPSA) is 97.4 Å². The van der Waals surface area contributed by atoms with E-state index in [4.69, 9.17) is 14.2 Å². The van der Waals surface area contributed by atoms with Crippen LogP contribution < -0.4 is 5.32 Å². The van der Waals surface area contributed by atoms with Crippen molar-refractivity contribution in [2.24, 2.45) is 16.7 Å². The number of alkyl carbamates (subject to hydrolysis) is 1. The second-order valence-electron chi connectivity index (χ2n) is 13.6. The minimum absolute atomic E-state index is 0.124. The molecule has 3 fully saturated rings. The zero-order chi connectivity index (χ0) is 28.9. The van der Waals surface area contributed by atoms with Crippen LogP contribution in [-0.2, 0) is 24.6 Å². The lowest BCUT2D eigenvalue weighted by atomic mass is 9.59. The lowest BCUT2D eigenvalue weighted by Crippen LogP contribution is -2.53. The van der Waals surface area contributed by atoms with E-state index >= 15 is 0 Å². The Bertz CT molecular complexity index is 1400. The summed E-state index contributed by atoms with van der Waals surface area (Å²) in [6.07, 6.45) is -1.54. The van der Waals surface area contributed by atoms with Gasteiger partial charge in [0.25, 0.3) is 0 Å². The van der Waals surface area contributed by atoms with Gasteiger partial charge in [-0.25, -0.2) is 9.59 Å². The molecule has 2 N–H and O–H groups in total. The smallest absolute Gasteiger partial charge is 0.408 e. The van der Waals surface area contributed by atoms with E-state index in [1.165, 1.54) is 5.56 Å². The molecule has 1 aliphatic heterocycles. The number of fused-ring (bicyclic) bond motifs is 3. The van der Waals surface area contributed by atoms with Crippen LogP contribution in [0.1, 0.15) is 77.1 Å². The first-order chi connectivity index (χ1) is 18.7. The summed E-state index contributed by atoms with van der Waals surface area (Å²) in [6.45, 7) is 16.3. The number of ether oxygens (including phenoxy) is 3. The molecule has 7 nitrogen and oxygen atoms in total. The van der Waals surface area contributed by atoms with Gasteiger partial charge in [0.2, 0.25) is 0 Å². The summed E-state index contributed by atoms with van der Waals surface area (Å²) < 4.78 is 18.4. The summed E-state index contributed by atoms with van der Waals surface area (Å²) in [5.74, 6) is -0.656. The molecule has 2 bridgehead atoms. The fourth-order valence-corrected chi connectivity index (χ4v) is 8.34. The Labute approximate surface area is 235 Å². The van der Waals surface area contributed by atoms with Crippen molar-refractivity contribution in [3.63, 3.8) is 0 Å². The van der Waals surface area contributed by atoms with Crippen LogP contribution in [0.25, 0.3) is 5.57 Å². The van der Waals surface area contributed by atoms with E-state index in [-0.39, 0.29) is 11.3 Å². The summed E-state index contributed by atoms with van der Waals surface area (Å²) in [7, 11) is 0. The average molecular weight is 546 g/mol. The van der Waals surface area contributed by atoms with E-state index in [0.717, 1.165) is 11.1 Å².